The van der Waals surface area contributed by atoms with E-state index < -0.39 is 5.60 Å². The summed E-state index contributed by atoms with van der Waals surface area (Å²) in [5.74, 6) is 0.448. The molecule has 0 aliphatic heterocycles. The summed E-state index contributed by atoms with van der Waals surface area (Å²) in [6.07, 6.45) is 1.44. The van der Waals surface area contributed by atoms with Crippen LogP contribution in [-0.4, -0.2) is 34.6 Å². The number of furan rings is 1. The molecule has 1 aromatic heterocycles. The fourth-order valence-corrected chi connectivity index (χ4v) is 2.39. The predicted octanol–water partition coefficient (Wildman–Crippen LogP) is 2.96. The topological polar surface area (TPSA) is 86.7 Å². The number of carbonyl (C=O) groups is 1. The molecular weight excluding hydrogens is 320 g/mol. The van der Waals surface area contributed by atoms with E-state index in [2.05, 4.69) is 6.07 Å². The average molecular weight is 342 g/mol. The van der Waals surface area contributed by atoms with Crippen LogP contribution in [0.4, 0.5) is 0 Å². The monoisotopic (exact) mass is 342 g/mol. The van der Waals surface area contributed by atoms with Gasteiger partial charge in [0, 0.05) is 18.7 Å². The van der Waals surface area contributed by atoms with E-state index in [4.69, 9.17) is 14.4 Å². The van der Waals surface area contributed by atoms with Gasteiger partial charge in [0.1, 0.15) is 12.4 Å². The summed E-state index contributed by atoms with van der Waals surface area (Å²) in [6, 6.07) is 10.5. The largest absolute Gasteiger partial charge is 0.489 e. The Morgan fingerprint density at radius 2 is 2.16 bits per heavy atom. The van der Waals surface area contributed by atoms with Crippen LogP contribution < -0.4 is 4.74 Å². The molecule has 2 rings (SSSR count). The quantitative estimate of drug-likeness (QED) is 0.836. The van der Waals surface area contributed by atoms with Crippen molar-refractivity contribution in [1.29, 1.82) is 5.26 Å². The Labute approximate surface area is 147 Å². The maximum atomic E-state index is 12.7. The van der Waals surface area contributed by atoms with Crippen LogP contribution in [-0.2, 0) is 6.61 Å². The van der Waals surface area contributed by atoms with Crippen molar-refractivity contribution >= 4 is 5.91 Å². The lowest BCUT2D eigenvalue weighted by Gasteiger charge is -2.27. The zero-order valence-electron chi connectivity index (χ0n) is 14.7. The summed E-state index contributed by atoms with van der Waals surface area (Å²) in [5, 5.41) is 18.9. The number of nitrogens with zero attached hydrogens (tertiary/aromatic N) is 2. The van der Waals surface area contributed by atoms with Gasteiger partial charge in [0.05, 0.1) is 23.5 Å². The fourth-order valence-electron chi connectivity index (χ4n) is 2.39. The molecule has 0 bridgehead atoms. The minimum absolute atomic E-state index is 0.145. The smallest absolute Gasteiger partial charge is 0.290 e. The number of carbonyl (C=O) groups excluding carboxylic acids is 1. The van der Waals surface area contributed by atoms with Gasteiger partial charge < -0.3 is 19.2 Å². The summed E-state index contributed by atoms with van der Waals surface area (Å²) in [5.41, 5.74) is 0.122. The number of benzene rings is 1. The van der Waals surface area contributed by atoms with Crippen molar-refractivity contribution in [2.45, 2.75) is 33.0 Å². The molecule has 0 saturated carbocycles. The number of amides is 1. The number of nitriles is 1. The Bertz CT molecular complexity index is 768. The van der Waals surface area contributed by atoms with E-state index in [0.29, 0.717) is 23.4 Å². The number of hydrogen-bond donors (Lipinski definition) is 1. The molecule has 0 radical (unpaired) electrons. The highest BCUT2D eigenvalue weighted by Crippen LogP contribution is 2.19. The Morgan fingerprint density at radius 1 is 1.40 bits per heavy atom. The maximum Gasteiger partial charge on any atom is 0.290 e. The van der Waals surface area contributed by atoms with Crippen LogP contribution >= 0.6 is 0 Å². The Kier molecular flexibility index (Phi) is 5.84. The van der Waals surface area contributed by atoms with Crippen molar-refractivity contribution in [3.05, 3.63) is 53.5 Å². The second-order valence-electron chi connectivity index (χ2n) is 6.34. The summed E-state index contributed by atoms with van der Waals surface area (Å²) in [7, 11) is 0. The lowest BCUT2D eigenvalue weighted by molar-refractivity contribution is 0.0297. The van der Waals surface area contributed by atoms with Crippen LogP contribution in [0.1, 0.15) is 42.5 Å². The molecule has 1 aromatic carbocycles. The molecule has 0 fully saturated rings. The highest BCUT2D eigenvalue weighted by molar-refractivity contribution is 5.93. The molecule has 1 amide bonds. The standard InChI is InChI=1S/C19H22N2O4/c1-4-21(13-19(2,3)23)18(22)17-15(8-9-24-17)12-25-16-7-5-6-14(10-16)11-20/h5-10,23H,4,12-13H2,1-3H3. The van der Waals surface area contributed by atoms with Gasteiger partial charge >= 0.3 is 0 Å². The summed E-state index contributed by atoms with van der Waals surface area (Å²) >= 11 is 0. The van der Waals surface area contributed by atoms with E-state index in [1.54, 1.807) is 44.2 Å². The number of rotatable bonds is 7. The van der Waals surface area contributed by atoms with Crippen molar-refractivity contribution in [3.63, 3.8) is 0 Å². The van der Waals surface area contributed by atoms with Gasteiger partial charge in [-0.25, -0.2) is 0 Å². The number of aliphatic hydroxyl groups is 1. The Hall–Kier alpha value is -2.78. The summed E-state index contributed by atoms with van der Waals surface area (Å²) in [6.45, 7) is 5.94. The van der Waals surface area contributed by atoms with Gasteiger partial charge in [-0.2, -0.15) is 5.26 Å². The van der Waals surface area contributed by atoms with Crippen LogP contribution in [0.15, 0.2) is 41.0 Å². The van der Waals surface area contributed by atoms with E-state index in [0.717, 1.165) is 0 Å². The van der Waals surface area contributed by atoms with E-state index in [-0.39, 0.29) is 24.8 Å². The first-order valence-electron chi connectivity index (χ1n) is 8.05. The second-order valence-corrected chi connectivity index (χ2v) is 6.34. The molecule has 1 N–H and O–H groups in total. The van der Waals surface area contributed by atoms with Gasteiger partial charge in [0.2, 0.25) is 0 Å². The van der Waals surface area contributed by atoms with E-state index in [1.807, 2.05) is 6.92 Å². The number of ether oxygens (including phenoxy) is 1. The number of hydrogen-bond acceptors (Lipinski definition) is 5. The van der Waals surface area contributed by atoms with Crippen LogP contribution in [0.25, 0.3) is 0 Å². The molecule has 0 spiro atoms. The molecule has 132 valence electrons. The highest BCUT2D eigenvalue weighted by atomic mass is 16.5. The third kappa shape index (κ3) is 5.10. The van der Waals surface area contributed by atoms with Crippen molar-refractivity contribution in [3.8, 4) is 11.8 Å². The molecule has 6 nitrogen and oxygen atoms in total. The SMILES string of the molecule is CCN(CC(C)(C)O)C(=O)c1occc1COc1cccc(C#N)c1. The van der Waals surface area contributed by atoms with Gasteiger partial charge in [-0.05, 0) is 45.0 Å². The number of likely N-dealkylation sites (N-methyl/N-ethyl adjacent to an activating group) is 1. The lowest BCUT2D eigenvalue weighted by Crippen LogP contribution is -2.42. The van der Waals surface area contributed by atoms with E-state index in [1.165, 1.54) is 11.2 Å². The zero-order chi connectivity index (χ0) is 18.4. The normalized spacial score (nSPS) is 11.0. The molecule has 0 unspecified atom stereocenters. The van der Waals surface area contributed by atoms with Gasteiger partial charge in [0.25, 0.3) is 5.91 Å². The minimum atomic E-state index is -0.993. The van der Waals surface area contributed by atoms with Crippen molar-refractivity contribution in [2.75, 3.05) is 13.1 Å². The van der Waals surface area contributed by atoms with Crippen LogP contribution in [0.3, 0.4) is 0 Å². The van der Waals surface area contributed by atoms with E-state index >= 15 is 0 Å². The van der Waals surface area contributed by atoms with Gasteiger partial charge in [0.15, 0.2) is 5.76 Å². The first-order valence-corrected chi connectivity index (χ1v) is 8.05. The molecule has 1 heterocycles. The second kappa shape index (κ2) is 7.86. The molecule has 0 aliphatic carbocycles. The molecular formula is C19H22N2O4. The minimum Gasteiger partial charge on any atom is -0.489 e. The lowest BCUT2D eigenvalue weighted by atomic mass is 10.1. The first-order chi connectivity index (χ1) is 11.8. The maximum absolute atomic E-state index is 12.7. The summed E-state index contributed by atoms with van der Waals surface area (Å²) < 4.78 is 11.0. The molecule has 0 atom stereocenters. The van der Waals surface area contributed by atoms with Crippen LogP contribution in [0.5, 0.6) is 5.75 Å². The van der Waals surface area contributed by atoms with Crippen molar-refractivity contribution in [1.82, 2.24) is 4.90 Å². The third-order valence-corrected chi connectivity index (χ3v) is 3.55. The van der Waals surface area contributed by atoms with E-state index in [9.17, 15) is 9.90 Å². The highest BCUT2D eigenvalue weighted by Gasteiger charge is 2.26. The predicted molar refractivity (Wildman–Crippen MR) is 92.1 cm³/mol. The van der Waals surface area contributed by atoms with Crippen LogP contribution in [0.2, 0.25) is 0 Å². The van der Waals surface area contributed by atoms with Crippen molar-refractivity contribution < 1.29 is 19.1 Å². The van der Waals surface area contributed by atoms with Crippen LogP contribution in [0, 0.1) is 11.3 Å². The van der Waals surface area contributed by atoms with Gasteiger partial charge in [-0.15, -0.1) is 0 Å². The fraction of sp³-hybridized carbons (Fsp3) is 0.368. The molecule has 6 heteroatoms. The third-order valence-electron chi connectivity index (χ3n) is 3.55. The molecule has 2 aromatic rings. The van der Waals surface area contributed by atoms with Gasteiger partial charge in [-0.1, -0.05) is 6.07 Å². The summed E-state index contributed by atoms with van der Waals surface area (Å²) in [4.78, 5) is 14.2. The average Bonchev–Trinajstić information content (AvgIpc) is 3.05. The molecule has 0 saturated heterocycles. The van der Waals surface area contributed by atoms with Crippen molar-refractivity contribution in [2.24, 2.45) is 0 Å². The molecule has 0 aliphatic rings. The Balaban J connectivity index is 2.11. The Morgan fingerprint density at radius 3 is 2.80 bits per heavy atom. The molecule has 25 heavy (non-hydrogen) atoms. The zero-order valence-corrected chi connectivity index (χ0v) is 14.7. The first kappa shape index (κ1) is 18.6. The van der Waals surface area contributed by atoms with Gasteiger partial charge in [-0.3, -0.25) is 4.79 Å².